The number of nitriles is 1. The fraction of sp³-hybridized carbons (Fsp3) is 0.667. The lowest BCUT2D eigenvalue weighted by Crippen LogP contribution is -2.43. The summed E-state index contributed by atoms with van der Waals surface area (Å²) in [6.07, 6.45) is 0.249. The first-order chi connectivity index (χ1) is 12.6. The van der Waals surface area contributed by atoms with Gasteiger partial charge in [-0.2, -0.15) is 5.26 Å². The van der Waals surface area contributed by atoms with Crippen molar-refractivity contribution in [2.45, 2.75) is 12.2 Å². The highest BCUT2D eigenvalue weighted by molar-refractivity contribution is 5.56. The van der Waals surface area contributed by atoms with Gasteiger partial charge in [-0.3, -0.25) is 0 Å². The van der Waals surface area contributed by atoms with Crippen LogP contribution in [0, 0.1) is 11.3 Å². The summed E-state index contributed by atoms with van der Waals surface area (Å²) in [5.74, 6) is 1.33. The third kappa shape index (κ3) is 5.29. The Balaban J connectivity index is 1.56. The van der Waals surface area contributed by atoms with Gasteiger partial charge >= 0.3 is 0 Å². The topological polar surface area (TPSA) is 85.7 Å². The second kappa shape index (κ2) is 9.14. The summed E-state index contributed by atoms with van der Waals surface area (Å²) in [5.41, 5.74) is 0.536. The Morgan fingerprint density at radius 1 is 1.08 bits per heavy atom. The summed E-state index contributed by atoms with van der Waals surface area (Å²) in [6.45, 7) is 6.52. The van der Waals surface area contributed by atoms with E-state index in [-0.39, 0.29) is 12.2 Å². The molecule has 0 aliphatic carbocycles. The molecular weight excluding hydrogens is 332 g/mol. The van der Waals surface area contributed by atoms with Gasteiger partial charge < -0.3 is 29.9 Å². The number of rotatable bonds is 6. The first-order valence-electron chi connectivity index (χ1n) is 9.13. The van der Waals surface area contributed by atoms with Crippen molar-refractivity contribution in [3.63, 3.8) is 0 Å². The van der Waals surface area contributed by atoms with Gasteiger partial charge in [0, 0.05) is 39.3 Å². The lowest BCUT2D eigenvalue weighted by molar-refractivity contribution is -0.0117. The molecule has 0 spiro atoms. The minimum Gasteiger partial charge on any atom is -0.374 e. The number of pyridine rings is 1. The largest absolute Gasteiger partial charge is 0.374 e. The van der Waals surface area contributed by atoms with E-state index in [1.807, 2.05) is 6.07 Å². The zero-order chi connectivity index (χ0) is 18.4. The van der Waals surface area contributed by atoms with Gasteiger partial charge in [0.1, 0.15) is 17.7 Å². The lowest BCUT2D eigenvalue weighted by Gasteiger charge is -2.30. The normalized spacial score (nSPS) is 24.8. The van der Waals surface area contributed by atoms with Crippen LogP contribution >= 0.6 is 0 Å². The summed E-state index contributed by atoms with van der Waals surface area (Å²) in [4.78, 5) is 9.07. The zero-order valence-electron chi connectivity index (χ0n) is 15.6. The molecule has 8 nitrogen and oxygen atoms in total. The molecule has 0 amide bonds. The molecule has 1 aromatic rings. The minimum absolute atomic E-state index is 0.102. The van der Waals surface area contributed by atoms with Gasteiger partial charge in [-0.25, -0.2) is 4.98 Å². The van der Waals surface area contributed by atoms with Gasteiger partial charge in [-0.15, -0.1) is 0 Å². The van der Waals surface area contributed by atoms with Crippen LogP contribution < -0.4 is 10.6 Å². The van der Waals surface area contributed by atoms with Crippen molar-refractivity contribution in [2.75, 3.05) is 77.2 Å². The molecule has 1 aromatic heterocycles. The van der Waals surface area contributed by atoms with Gasteiger partial charge in [0.25, 0.3) is 0 Å². The molecule has 0 radical (unpaired) electrons. The van der Waals surface area contributed by atoms with Gasteiger partial charge in [0.15, 0.2) is 0 Å². The average molecular weight is 360 g/mol. The number of anilines is 2. The molecule has 2 aliphatic heterocycles. The van der Waals surface area contributed by atoms with Gasteiger partial charge in [-0.05, 0) is 26.2 Å². The molecule has 142 valence electrons. The summed E-state index contributed by atoms with van der Waals surface area (Å²) in [5, 5.41) is 15.9. The van der Waals surface area contributed by atoms with Gasteiger partial charge in [-0.1, -0.05) is 0 Å². The molecule has 26 heavy (non-hydrogen) atoms. The molecule has 2 unspecified atom stereocenters. The van der Waals surface area contributed by atoms with Crippen LogP contribution in [0.3, 0.4) is 0 Å². The zero-order valence-corrected chi connectivity index (χ0v) is 15.6. The fourth-order valence-electron chi connectivity index (χ4n) is 3.19. The lowest BCUT2D eigenvalue weighted by atomic mass is 10.2. The number of likely N-dealkylation sites (N-methyl/N-ethyl adjacent to an activating group) is 2. The molecule has 3 rings (SSSR count). The van der Waals surface area contributed by atoms with E-state index in [0.29, 0.717) is 24.5 Å². The van der Waals surface area contributed by atoms with E-state index in [1.165, 1.54) is 0 Å². The summed E-state index contributed by atoms with van der Waals surface area (Å²) < 4.78 is 11.5. The number of nitrogens with zero attached hydrogens (tertiary/aromatic N) is 4. The summed E-state index contributed by atoms with van der Waals surface area (Å²) in [7, 11) is 4.19. The maximum Gasteiger partial charge on any atom is 0.146 e. The molecule has 0 aromatic carbocycles. The van der Waals surface area contributed by atoms with Crippen molar-refractivity contribution in [3.8, 4) is 6.07 Å². The van der Waals surface area contributed by atoms with Crippen LogP contribution in [0.1, 0.15) is 5.56 Å². The van der Waals surface area contributed by atoms with E-state index in [4.69, 9.17) is 9.47 Å². The molecular formula is C18H28N6O2. The number of hydrogen-bond donors (Lipinski definition) is 2. The van der Waals surface area contributed by atoms with E-state index in [1.54, 1.807) is 6.07 Å². The minimum atomic E-state index is 0.102. The number of aromatic nitrogens is 1. The first kappa shape index (κ1) is 18.9. The average Bonchev–Trinajstić information content (AvgIpc) is 2.65. The van der Waals surface area contributed by atoms with E-state index in [2.05, 4.69) is 45.6 Å². The molecule has 0 saturated carbocycles. The van der Waals surface area contributed by atoms with Crippen LogP contribution in [0.15, 0.2) is 12.1 Å². The maximum absolute atomic E-state index is 9.34. The smallest absolute Gasteiger partial charge is 0.146 e. The standard InChI is InChI=1S/C18H28N6O2/c1-23-5-7-25-15(12-23)10-20-17-4-3-14(9-19)18(22-17)21-11-16-13-24(2)6-8-26-16/h3-4,15-16H,5-8,10-13H2,1-2H3,(H2,20,21,22). The number of nitrogens with one attached hydrogen (secondary N) is 2. The number of morpholine rings is 2. The van der Waals surface area contributed by atoms with Crippen LogP contribution in [0.5, 0.6) is 0 Å². The molecule has 3 heterocycles. The van der Waals surface area contributed by atoms with E-state index < -0.39 is 0 Å². The van der Waals surface area contributed by atoms with Crippen molar-refractivity contribution >= 4 is 11.6 Å². The van der Waals surface area contributed by atoms with E-state index in [0.717, 1.165) is 45.2 Å². The summed E-state index contributed by atoms with van der Waals surface area (Å²) in [6, 6.07) is 5.82. The first-order valence-corrected chi connectivity index (χ1v) is 9.13. The van der Waals surface area contributed by atoms with Crippen LogP contribution in [0.2, 0.25) is 0 Å². The second-order valence-electron chi connectivity index (χ2n) is 6.98. The molecule has 2 saturated heterocycles. The van der Waals surface area contributed by atoms with Crippen LogP contribution in [-0.2, 0) is 9.47 Å². The van der Waals surface area contributed by atoms with Crippen molar-refractivity contribution in [1.29, 1.82) is 5.26 Å². The predicted molar refractivity (Wildman–Crippen MR) is 100 cm³/mol. The van der Waals surface area contributed by atoms with Gasteiger partial charge in [0.05, 0.1) is 31.0 Å². The predicted octanol–water partition coefficient (Wildman–Crippen LogP) is 0.438. The SMILES string of the molecule is CN1CCOC(CNc2ccc(C#N)c(NCC3CN(C)CCO3)n2)C1. The fourth-order valence-corrected chi connectivity index (χ4v) is 3.19. The van der Waals surface area contributed by atoms with Crippen LogP contribution in [0.4, 0.5) is 11.6 Å². The maximum atomic E-state index is 9.34. The monoisotopic (exact) mass is 360 g/mol. The Kier molecular flexibility index (Phi) is 6.63. The molecule has 2 aliphatic rings. The molecule has 8 heteroatoms. The van der Waals surface area contributed by atoms with Crippen molar-refractivity contribution in [3.05, 3.63) is 17.7 Å². The van der Waals surface area contributed by atoms with Crippen molar-refractivity contribution in [1.82, 2.24) is 14.8 Å². The third-order valence-electron chi connectivity index (χ3n) is 4.71. The summed E-state index contributed by atoms with van der Waals surface area (Å²) >= 11 is 0. The van der Waals surface area contributed by atoms with Crippen LogP contribution in [-0.4, -0.2) is 93.6 Å². The van der Waals surface area contributed by atoms with Crippen LogP contribution in [0.25, 0.3) is 0 Å². The number of ether oxygens (including phenoxy) is 2. The third-order valence-corrected chi connectivity index (χ3v) is 4.71. The molecule has 2 fully saturated rings. The highest BCUT2D eigenvalue weighted by Crippen LogP contribution is 2.17. The Bertz CT molecular complexity index is 635. The number of hydrogen-bond acceptors (Lipinski definition) is 8. The highest BCUT2D eigenvalue weighted by Gasteiger charge is 2.19. The van der Waals surface area contributed by atoms with Gasteiger partial charge in [0.2, 0.25) is 0 Å². The Morgan fingerprint density at radius 3 is 2.27 bits per heavy atom. The van der Waals surface area contributed by atoms with Crippen molar-refractivity contribution in [2.24, 2.45) is 0 Å². The quantitative estimate of drug-likeness (QED) is 0.756. The Morgan fingerprint density at radius 2 is 1.69 bits per heavy atom. The highest BCUT2D eigenvalue weighted by atomic mass is 16.5. The molecule has 2 atom stereocenters. The van der Waals surface area contributed by atoms with E-state index >= 15 is 0 Å². The van der Waals surface area contributed by atoms with Crippen molar-refractivity contribution < 1.29 is 9.47 Å². The molecule has 0 bridgehead atoms. The van der Waals surface area contributed by atoms with E-state index in [9.17, 15) is 5.26 Å². The Labute approximate surface area is 155 Å². The second-order valence-corrected chi connectivity index (χ2v) is 6.98. The Hall–Kier alpha value is -1.92. The molecule has 2 N–H and O–H groups in total.